The van der Waals surface area contributed by atoms with Crippen molar-refractivity contribution >= 4 is 33.5 Å². The fourth-order valence-corrected chi connectivity index (χ4v) is 4.05. The number of halogens is 3. The fraction of sp³-hybridized carbons (Fsp3) is 0.522. The number of hydrogen-bond acceptors (Lipinski definition) is 6. The van der Waals surface area contributed by atoms with E-state index < -0.39 is 42.1 Å². The van der Waals surface area contributed by atoms with Crippen molar-refractivity contribution in [3.8, 4) is 0 Å². The molecule has 2 fully saturated rings. The Morgan fingerprint density at radius 3 is 2.37 bits per heavy atom. The summed E-state index contributed by atoms with van der Waals surface area (Å²) in [7, 11) is 0. The van der Waals surface area contributed by atoms with Crippen molar-refractivity contribution in [3.05, 3.63) is 46.5 Å². The Morgan fingerprint density at radius 1 is 1.09 bits per heavy atom. The van der Waals surface area contributed by atoms with Crippen molar-refractivity contribution < 1.29 is 23.2 Å². The summed E-state index contributed by atoms with van der Waals surface area (Å²) in [4.78, 5) is 42.5. The summed E-state index contributed by atoms with van der Waals surface area (Å²) < 4.78 is 28.8. The predicted molar refractivity (Wildman–Crippen MR) is 125 cm³/mol. The number of Topliss-reactive ketones (excluding diaryl/α,β-unsaturated/α-hetero) is 1. The molecule has 1 aromatic carbocycles. The number of H-pyrrole nitrogens is 1. The number of carbonyl (C=O) groups is 3. The van der Waals surface area contributed by atoms with Gasteiger partial charge in [-0.1, -0.05) is 40.9 Å². The van der Waals surface area contributed by atoms with Crippen molar-refractivity contribution in [3.63, 3.8) is 0 Å². The first-order valence-corrected chi connectivity index (χ1v) is 12.4. The molecule has 12 heteroatoms. The van der Waals surface area contributed by atoms with E-state index in [0.29, 0.717) is 17.8 Å². The van der Waals surface area contributed by atoms with Crippen LogP contribution in [0.4, 0.5) is 8.78 Å². The van der Waals surface area contributed by atoms with Crippen LogP contribution in [0.25, 0.3) is 0 Å². The number of nitrogens with zero attached hydrogens (tertiary/aromatic N) is 2. The van der Waals surface area contributed by atoms with Crippen LogP contribution in [0.2, 0.25) is 0 Å². The Kier molecular flexibility index (Phi) is 8.22. The van der Waals surface area contributed by atoms with Gasteiger partial charge >= 0.3 is 0 Å². The molecule has 188 valence electrons. The molecular formula is C23H27BrF2N6O3. The van der Waals surface area contributed by atoms with Gasteiger partial charge in [-0.05, 0) is 42.9 Å². The highest BCUT2D eigenvalue weighted by Crippen LogP contribution is 2.34. The van der Waals surface area contributed by atoms with Crippen LogP contribution in [0.3, 0.4) is 0 Å². The first kappa shape index (κ1) is 25.4. The lowest BCUT2D eigenvalue weighted by atomic mass is 10.0. The van der Waals surface area contributed by atoms with E-state index in [1.165, 1.54) is 6.33 Å². The van der Waals surface area contributed by atoms with Crippen LogP contribution in [0.5, 0.6) is 0 Å². The van der Waals surface area contributed by atoms with Crippen molar-refractivity contribution in [2.24, 2.45) is 5.92 Å². The largest absolute Gasteiger partial charge is 0.347 e. The number of amides is 2. The average molecular weight is 553 g/mol. The van der Waals surface area contributed by atoms with Gasteiger partial charge in [-0.25, -0.2) is 13.8 Å². The molecular weight excluding hydrogens is 526 g/mol. The monoisotopic (exact) mass is 552 g/mol. The van der Waals surface area contributed by atoms with E-state index in [-0.39, 0.29) is 18.4 Å². The molecule has 2 aliphatic carbocycles. The van der Waals surface area contributed by atoms with Gasteiger partial charge in [0.1, 0.15) is 12.2 Å². The summed E-state index contributed by atoms with van der Waals surface area (Å²) in [5.41, 5.74) is 0.299. The normalized spacial score (nSPS) is 18.1. The Hall–Kier alpha value is -2.73. The zero-order chi connectivity index (χ0) is 24.9. The predicted octanol–water partition coefficient (Wildman–Crippen LogP) is 2.21. The molecule has 3 atom stereocenters. The highest BCUT2D eigenvalue weighted by molar-refractivity contribution is 9.10. The second-order valence-electron chi connectivity index (χ2n) is 9.07. The number of carbonyl (C=O) groups excluding carboxylic acids is 3. The van der Waals surface area contributed by atoms with E-state index in [0.717, 1.165) is 30.2 Å². The van der Waals surface area contributed by atoms with Gasteiger partial charge in [0.05, 0.1) is 18.1 Å². The van der Waals surface area contributed by atoms with Gasteiger partial charge in [0.15, 0.2) is 0 Å². The summed E-state index contributed by atoms with van der Waals surface area (Å²) in [5.74, 6) is -1.54. The number of aromatic nitrogens is 3. The van der Waals surface area contributed by atoms with Crippen LogP contribution in [0, 0.1) is 5.92 Å². The lowest BCUT2D eigenvalue weighted by Crippen LogP contribution is -2.55. The molecule has 4 N–H and O–H groups in total. The van der Waals surface area contributed by atoms with Gasteiger partial charge in [0.25, 0.3) is 12.3 Å². The van der Waals surface area contributed by atoms with E-state index in [1.807, 2.05) is 0 Å². The van der Waals surface area contributed by atoms with Crippen LogP contribution < -0.4 is 16.0 Å². The highest BCUT2D eigenvalue weighted by atomic mass is 79.9. The van der Waals surface area contributed by atoms with Gasteiger partial charge in [-0.3, -0.25) is 24.8 Å². The smallest absolute Gasteiger partial charge is 0.289 e. The SMILES string of the molecule is O=C(NC1CC1)C(=O)[C@H](CC1CC1)NC(=O)[C@H](Cc1ncn[nH]1)N[C@@H](c1ccc(Br)cc1)C(F)F. The maximum absolute atomic E-state index is 14.0. The van der Waals surface area contributed by atoms with Crippen LogP contribution in [0.15, 0.2) is 35.1 Å². The molecule has 0 aliphatic heterocycles. The van der Waals surface area contributed by atoms with E-state index in [9.17, 15) is 23.2 Å². The minimum absolute atomic E-state index is 0.00213. The van der Waals surface area contributed by atoms with Crippen LogP contribution >= 0.6 is 15.9 Å². The molecule has 0 unspecified atom stereocenters. The van der Waals surface area contributed by atoms with Crippen molar-refractivity contribution in [2.45, 2.75) is 69.1 Å². The van der Waals surface area contributed by atoms with Gasteiger partial charge in [0.2, 0.25) is 11.7 Å². The van der Waals surface area contributed by atoms with Gasteiger partial charge in [-0.2, -0.15) is 5.10 Å². The third-order valence-corrected chi connectivity index (χ3v) is 6.60. The van der Waals surface area contributed by atoms with E-state index in [1.54, 1.807) is 24.3 Å². The van der Waals surface area contributed by atoms with Gasteiger partial charge in [0, 0.05) is 16.9 Å². The van der Waals surface area contributed by atoms with Crippen molar-refractivity contribution in [2.75, 3.05) is 0 Å². The standard InChI is InChI=1S/C23H27BrF2N6O3/c24-14-5-3-13(4-6-14)19(21(25)26)30-17(10-18-27-11-28-32-18)22(34)31-16(9-12-1-2-12)20(33)23(35)29-15-7-8-15/h3-6,11-12,15-17,19,21,30H,1-2,7-10H2,(H,29,35)(H,31,34)(H,27,28,32)/t16-,17-,19-/m0/s1. The third-order valence-electron chi connectivity index (χ3n) is 6.08. The van der Waals surface area contributed by atoms with Crippen molar-refractivity contribution in [1.29, 1.82) is 0 Å². The van der Waals surface area contributed by atoms with E-state index in [4.69, 9.17) is 0 Å². The Balaban J connectivity index is 1.51. The fourth-order valence-electron chi connectivity index (χ4n) is 3.78. The molecule has 35 heavy (non-hydrogen) atoms. The number of benzene rings is 1. The Bertz CT molecular complexity index is 1030. The molecule has 0 saturated heterocycles. The molecule has 1 aromatic heterocycles. The Morgan fingerprint density at radius 2 is 1.80 bits per heavy atom. The molecule has 0 bridgehead atoms. The molecule has 9 nitrogen and oxygen atoms in total. The molecule has 2 saturated carbocycles. The molecule has 2 amide bonds. The molecule has 1 heterocycles. The quantitative estimate of drug-likeness (QED) is 0.282. The second-order valence-corrected chi connectivity index (χ2v) is 9.99. The van der Waals surface area contributed by atoms with Crippen molar-refractivity contribution in [1.82, 2.24) is 31.1 Å². The first-order chi connectivity index (χ1) is 16.8. The molecule has 0 radical (unpaired) electrons. The summed E-state index contributed by atoms with van der Waals surface area (Å²) in [6.45, 7) is 0. The topological polar surface area (TPSA) is 129 Å². The summed E-state index contributed by atoms with van der Waals surface area (Å²) in [6, 6.07) is 2.73. The minimum atomic E-state index is -2.81. The van der Waals surface area contributed by atoms with Crippen LogP contribution in [-0.4, -0.2) is 57.3 Å². The maximum Gasteiger partial charge on any atom is 0.289 e. The summed E-state index contributed by atoms with van der Waals surface area (Å²) in [6.07, 6.45) is 2.20. The highest BCUT2D eigenvalue weighted by Gasteiger charge is 2.37. The second kappa shape index (κ2) is 11.3. The van der Waals surface area contributed by atoms with Gasteiger partial charge < -0.3 is 10.6 Å². The number of nitrogens with one attached hydrogen (secondary N) is 4. The van der Waals surface area contributed by atoms with E-state index >= 15 is 0 Å². The average Bonchev–Trinajstić information content (AvgIpc) is 3.76. The maximum atomic E-state index is 14.0. The molecule has 2 aliphatic rings. The zero-order valence-corrected chi connectivity index (χ0v) is 20.4. The van der Waals surface area contributed by atoms with Gasteiger partial charge in [-0.15, -0.1) is 0 Å². The Labute approximate surface area is 209 Å². The molecule has 0 spiro atoms. The first-order valence-electron chi connectivity index (χ1n) is 11.6. The number of hydrogen-bond donors (Lipinski definition) is 4. The van der Waals surface area contributed by atoms with Crippen LogP contribution in [-0.2, 0) is 20.8 Å². The zero-order valence-electron chi connectivity index (χ0n) is 18.8. The number of rotatable bonds is 13. The van der Waals surface area contributed by atoms with E-state index in [2.05, 4.69) is 47.1 Å². The minimum Gasteiger partial charge on any atom is -0.347 e. The summed E-state index contributed by atoms with van der Waals surface area (Å²) in [5, 5.41) is 14.4. The number of aromatic amines is 1. The third kappa shape index (κ3) is 7.38. The lowest BCUT2D eigenvalue weighted by molar-refractivity contribution is -0.140. The molecule has 4 rings (SSSR count). The van der Waals surface area contributed by atoms with Crippen LogP contribution in [0.1, 0.15) is 49.5 Å². The lowest BCUT2D eigenvalue weighted by Gasteiger charge is -2.26. The number of ketones is 1. The molecule has 2 aromatic rings. The summed E-state index contributed by atoms with van der Waals surface area (Å²) >= 11 is 3.29. The number of alkyl halides is 2.